The summed E-state index contributed by atoms with van der Waals surface area (Å²) in [6.07, 6.45) is 1.10. The molecule has 0 amide bonds. The minimum Gasteiger partial charge on any atom is -0.326 e. The van der Waals surface area contributed by atoms with E-state index in [4.69, 9.17) is 17.3 Å². The largest absolute Gasteiger partial charge is 0.326 e. The van der Waals surface area contributed by atoms with Crippen LogP contribution in [0.5, 0.6) is 0 Å². The molecule has 2 nitrogen and oxygen atoms in total. The molecule has 0 radical (unpaired) electrons. The minimum absolute atomic E-state index is 0.344. The monoisotopic (exact) mass is 288 g/mol. The van der Waals surface area contributed by atoms with Gasteiger partial charge in [-0.3, -0.25) is 4.90 Å². The number of nitrogens with zero attached hydrogens (tertiary/aromatic N) is 1. The van der Waals surface area contributed by atoms with E-state index in [9.17, 15) is 0 Å². The molecule has 1 aliphatic rings. The lowest BCUT2D eigenvalue weighted by Crippen LogP contribution is -2.26. The van der Waals surface area contributed by atoms with E-state index in [1.807, 2.05) is 12.1 Å². The highest BCUT2D eigenvalue weighted by molar-refractivity contribution is 9.10. The maximum atomic E-state index is 5.89. The number of hydrogen-bond acceptors (Lipinski definition) is 2. The van der Waals surface area contributed by atoms with E-state index >= 15 is 0 Å². The fourth-order valence-electron chi connectivity index (χ4n) is 1.90. The molecule has 1 aromatic rings. The van der Waals surface area contributed by atoms with Gasteiger partial charge in [-0.1, -0.05) is 33.6 Å². The van der Waals surface area contributed by atoms with E-state index in [-0.39, 0.29) is 0 Å². The standard InChI is InChI=1S/C11H14BrClN2/c12-11-5-9(13)2-1-8(11)6-15-4-3-10(14)7-15/h1-2,5,10H,3-4,6-7,14H2/t10-/m0/s1. The van der Waals surface area contributed by atoms with Crippen LogP contribution < -0.4 is 5.73 Å². The lowest BCUT2D eigenvalue weighted by Gasteiger charge is -2.16. The molecule has 1 heterocycles. The van der Waals surface area contributed by atoms with Gasteiger partial charge in [0.2, 0.25) is 0 Å². The Kier molecular flexibility index (Phi) is 3.67. The van der Waals surface area contributed by atoms with E-state index in [2.05, 4.69) is 26.9 Å². The molecular formula is C11H14BrClN2. The van der Waals surface area contributed by atoms with Gasteiger partial charge in [0.05, 0.1) is 0 Å². The topological polar surface area (TPSA) is 29.3 Å². The summed E-state index contributed by atoms with van der Waals surface area (Å²) in [5.74, 6) is 0. The zero-order valence-corrected chi connectivity index (χ0v) is 10.8. The van der Waals surface area contributed by atoms with E-state index in [1.54, 1.807) is 0 Å². The first kappa shape index (κ1) is 11.4. The Morgan fingerprint density at radius 1 is 1.53 bits per heavy atom. The Morgan fingerprint density at radius 2 is 2.33 bits per heavy atom. The molecule has 1 atom stereocenters. The molecule has 1 fully saturated rings. The van der Waals surface area contributed by atoms with E-state index in [0.717, 1.165) is 35.6 Å². The normalized spacial score (nSPS) is 22.2. The van der Waals surface area contributed by atoms with Crippen molar-refractivity contribution in [3.63, 3.8) is 0 Å². The van der Waals surface area contributed by atoms with Crippen LogP contribution in [0.25, 0.3) is 0 Å². The predicted octanol–water partition coefficient (Wildman–Crippen LogP) is 2.64. The van der Waals surface area contributed by atoms with Gasteiger partial charge >= 0.3 is 0 Å². The van der Waals surface area contributed by atoms with Gasteiger partial charge in [-0.15, -0.1) is 0 Å². The summed E-state index contributed by atoms with van der Waals surface area (Å²) < 4.78 is 1.08. The van der Waals surface area contributed by atoms with Crippen molar-refractivity contribution in [3.05, 3.63) is 33.3 Å². The summed E-state index contributed by atoms with van der Waals surface area (Å²) in [5.41, 5.74) is 7.14. The van der Waals surface area contributed by atoms with Gasteiger partial charge in [0, 0.05) is 35.2 Å². The van der Waals surface area contributed by atoms with Crippen LogP contribution in [-0.4, -0.2) is 24.0 Å². The zero-order valence-electron chi connectivity index (χ0n) is 8.42. The third kappa shape index (κ3) is 2.94. The summed E-state index contributed by atoms with van der Waals surface area (Å²) in [4.78, 5) is 2.37. The fourth-order valence-corrected chi connectivity index (χ4v) is 2.71. The van der Waals surface area contributed by atoms with Gasteiger partial charge in [0.1, 0.15) is 0 Å². The summed E-state index contributed by atoms with van der Waals surface area (Å²) in [5, 5.41) is 0.767. The Morgan fingerprint density at radius 3 is 2.93 bits per heavy atom. The first-order valence-electron chi connectivity index (χ1n) is 5.07. The molecule has 0 aliphatic carbocycles. The molecule has 4 heteroatoms. The van der Waals surface area contributed by atoms with Crippen LogP contribution in [-0.2, 0) is 6.54 Å². The summed E-state index contributed by atoms with van der Waals surface area (Å²) in [6.45, 7) is 3.04. The average Bonchev–Trinajstić information content (AvgIpc) is 2.56. The second kappa shape index (κ2) is 4.83. The molecule has 0 spiro atoms. The van der Waals surface area contributed by atoms with Gasteiger partial charge in [-0.25, -0.2) is 0 Å². The quantitative estimate of drug-likeness (QED) is 0.907. The van der Waals surface area contributed by atoms with Crippen molar-refractivity contribution in [1.82, 2.24) is 4.90 Å². The highest BCUT2D eigenvalue weighted by Gasteiger charge is 2.19. The molecule has 0 unspecified atom stereocenters. The third-order valence-electron chi connectivity index (χ3n) is 2.72. The Hall–Kier alpha value is -0.0900. The van der Waals surface area contributed by atoms with Crippen molar-refractivity contribution in [2.45, 2.75) is 19.0 Å². The molecular weight excluding hydrogens is 275 g/mol. The van der Waals surface area contributed by atoms with Crippen LogP contribution in [0.2, 0.25) is 5.02 Å². The molecule has 15 heavy (non-hydrogen) atoms. The predicted molar refractivity (Wildman–Crippen MR) is 67.0 cm³/mol. The maximum absolute atomic E-state index is 5.89. The molecule has 2 N–H and O–H groups in total. The van der Waals surface area contributed by atoms with Crippen molar-refractivity contribution < 1.29 is 0 Å². The zero-order chi connectivity index (χ0) is 10.8. The smallest absolute Gasteiger partial charge is 0.0417 e. The van der Waals surface area contributed by atoms with E-state index < -0.39 is 0 Å². The Balaban J connectivity index is 2.04. The van der Waals surface area contributed by atoms with Crippen LogP contribution in [0.3, 0.4) is 0 Å². The number of hydrogen-bond donors (Lipinski definition) is 1. The Bertz CT molecular complexity index is 356. The van der Waals surface area contributed by atoms with Gasteiger partial charge in [0.15, 0.2) is 0 Å². The maximum Gasteiger partial charge on any atom is 0.0417 e. The highest BCUT2D eigenvalue weighted by atomic mass is 79.9. The third-order valence-corrected chi connectivity index (χ3v) is 3.69. The van der Waals surface area contributed by atoms with Crippen molar-refractivity contribution in [1.29, 1.82) is 0 Å². The van der Waals surface area contributed by atoms with Gasteiger partial charge in [-0.05, 0) is 24.1 Å². The lowest BCUT2D eigenvalue weighted by atomic mass is 10.2. The SMILES string of the molecule is N[C@H]1CCN(Cc2ccc(Cl)cc2Br)C1. The van der Waals surface area contributed by atoms with Crippen molar-refractivity contribution in [2.24, 2.45) is 5.73 Å². The first-order valence-corrected chi connectivity index (χ1v) is 6.24. The van der Waals surface area contributed by atoms with Crippen LogP contribution in [0, 0.1) is 0 Å². The summed E-state index contributed by atoms with van der Waals surface area (Å²) >= 11 is 9.42. The lowest BCUT2D eigenvalue weighted by molar-refractivity contribution is 0.326. The molecule has 0 saturated carbocycles. The fraction of sp³-hybridized carbons (Fsp3) is 0.455. The van der Waals surface area contributed by atoms with Gasteiger partial charge < -0.3 is 5.73 Å². The van der Waals surface area contributed by atoms with Crippen molar-refractivity contribution in [2.75, 3.05) is 13.1 Å². The van der Waals surface area contributed by atoms with Crippen molar-refractivity contribution >= 4 is 27.5 Å². The number of rotatable bonds is 2. The van der Waals surface area contributed by atoms with Gasteiger partial charge in [0.25, 0.3) is 0 Å². The molecule has 0 bridgehead atoms. The van der Waals surface area contributed by atoms with Crippen LogP contribution in [0.4, 0.5) is 0 Å². The number of nitrogens with two attached hydrogens (primary N) is 1. The molecule has 2 rings (SSSR count). The van der Waals surface area contributed by atoms with Crippen LogP contribution in [0.1, 0.15) is 12.0 Å². The first-order chi connectivity index (χ1) is 7.15. The molecule has 82 valence electrons. The number of halogens is 2. The number of benzene rings is 1. The Labute approximate surface area is 104 Å². The second-order valence-corrected chi connectivity index (χ2v) is 5.31. The minimum atomic E-state index is 0.344. The van der Waals surface area contributed by atoms with Gasteiger partial charge in [-0.2, -0.15) is 0 Å². The van der Waals surface area contributed by atoms with E-state index in [0.29, 0.717) is 6.04 Å². The van der Waals surface area contributed by atoms with Crippen molar-refractivity contribution in [3.8, 4) is 0 Å². The summed E-state index contributed by atoms with van der Waals surface area (Å²) in [6, 6.07) is 6.27. The van der Waals surface area contributed by atoms with Crippen LogP contribution >= 0.6 is 27.5 Å². The molecule has 1 aliphatic heterocycles. The van der Waals surface area contributed by atoms with Crippen LogP contribution in [0.15, 0.2) is 22.7 Å². The molecule has 1 saturated heterocycles. The average molecular weight is 290 g/mol. The second-order valence-electron chi connectivity index (χ2n) is 4.02. The highest BCUT2D eigenvalue weighted by Crippen LogP contribution is 2.23. The molecule has 1 aromatic carbocycles. The summed E-state index contributed by atoms with van der Waals surface area (Å²) in [7, 11) is 0. The van der Waals surface area contributed by atoms with E-state index in [1.165, 1.54) is 5.56 Å². The molecule has 0 aromatic heterocycles. The number of likely N-dealkylation sites (tertiary alicyclic amines) is 1.